The van der Waals surface area contributed by atoms with Crippen molar-refractivity contribution >= 4 is 34.4 Å². The van der Waals surface area contributed by atoms with Gasteiger partial charge >= 0.3 is 5.97 Å². The minimum Gasteiger partial charge on any atom is -0.462 e. The van der Waals surface area contributed by atoms with Gasteiger partial charge in [0.15, 0.2) is 0 Å². The van der Waals surface area contributed by atoms with E-state index in [1.807, 2.05) is 26.0 Å². The summed E-state index contributed by atoms with van der Waals surface area (Å²) in [5, 5.41) is 0. The minimum atomic E-state index is -0.329. The average Bonchev–Trinajstić information content (AvgIpc) is 2.98. The molecule has 1 spiro atoms. The quantitative estimate of drug-likeness (QED) is 0.335. The zero-order valence-electron chi connectivity index (χ0n) is 15.9. The highest BCUT2D eigenvalue weighted by Gasteiger charge is 2.41. The molecule has 4 nitrogen and oxygen atoms in total. The maximum Gasteiger partial charge on any atom is 0.340 e. The second kappa shape index (κ2) is 8.52. The maximum atomic E-state index is 12.5. The van der Waals surface area contributed by atoms with E-state index < -0.39 is 0 Å². The van der Waals surface area contributed by atoms with Gasteiger partial charge in [-0.15, -0.1) is 0 Å². The predicted molar refractivity (Wildman–Crippen MR) is 117 cm³/mol. The molecule has 0 saturated carbocycles. The van der Waals surface area contributed by atoms with Gasteiger partial charge in [0, 0.05) is 53.1 Å². The summed E-state index contributed by atoms with van der Waals surface area (Å²) >= 11 is 2.39. The summed E-state index contributed by atoms with van der Waals surface area (Å²) in [7, 11) is 0. The van der Waals surface area contributed by atoms with Crippen molar-refractivity contribution < 1.29 is 9.53 Å². The van der Waals surface area contributed by atoms with Crippen LogP contribution in [0.5, 0.6) is 0 Å². The number of ether oxygens (including phenoxy) is 1. The summed E-state index contributed by atoms with van der Waals surface area (Å²) in [6.45, 7) is 10.3. The summed E-state index contributed by atoms with van der Waals surface area (Å²) < 4.78 is 7.59. The molecule has 0 atom stereocenters. The normalized spacial score (nSPS) is 19.6. The third kappa shape index (κ3) is 3.80. The lowest BCUT2D eigenvalue weighted by atomic mass is 9.74. The van der Waals surface area contributed by atoms with Crippen LogP contribution in [0.3, 0.4) is 0 Å². The van der Waals surface area contributed by atoms with E-state index in [-0.39, 0.29) is 11.4 Å². The number of allylic oxidation sites excluding steroid dienone is 7. The molecule has 0 amide bonds. The first-order valence-electron chi connectivity index (χ1n) is 9.32. The highest BCUT2D eigenvalue weighted by Crippen LogP contribution is 2.52. The second-order valence-electron chi connectivity index (χ2n) is 6.78. The van der Waals surface area contributed by atoms with Gasteiger partial charge < -0.3 is 4.74 Å². The molecule has 1 aromatic rings. The number of pyridine rings is 1. The average molecular weight is 476 g/mol. The highest BCUT2D eigenvalue weighted by molar-refractivity contribution is 14.1. The monoisotopic (exact) mass is 476 g/mol. The van der Waals surface area contributed by atoms with E-state index in [9.17, 15) is 4.79 Å². The van der Waals surface area contributed by atoms with Crippen molar-refractivity contribution in [3.05, 3.63) is 71.6 Å². The van der Waals surface area contributed by atoms with E-state index in [4.69, 9.17) is 4.74 Å². The summed E-state index contributed by atoms with van der Waals surface area (Å²) in [5.74, 6) is -0.329. The smallest absolute Gasteiger partial charge is 0.340 e. The van der Waals surface area contributed by atoms with Gasteiger partial charge in [0.05, 0.1) is 17.9 Å². The number of rotatable bonds is 5. The zero-order chi connectivity index (χ0) is 19.4. The predicted octanol–water partition coefficient (Wildman–Crippen LogP) is 5.15. The topological polar surface area (TPSA) is 42.4 Å². The Balaban J connectivity index is 2.16. The summed E-state index contributed by atoms with van der Waals surface area (Å²) in [4.78, 5) is 17.1. The maximum absolute atomic E-state index is 12.5. The minimum absolute atomic E-state index is 0.0446. The summed E-state index contributed by atoms with van der Waals surface area (Å²) in [6.07, 6.45) is 12.2. The van der Waals surface area contributed by atoms with Crippen LogP contribution in [0.2, 0.25) is 0 Å². The first kappa shape index (κ1) is 20.0. The summed E-state index contributed by atoms with van der Waals surface area (Å²) in [5.41, 5.74) is 4.51. The molecule has 0 bridgehead atoms. The van der Waals surface area contributed by atoms with Gasteiger partial charge in [0.2, 0.25) is 0 Å². The van der Waals surface area contributed by atoms with Gasteiger partial charge in [-0.2, -0.15) is 0 Å². The number of esters is 1. The van der Waals surface area contributed by atoms with E-state index in [0.717, 1.165) is 37.1 Å². The Labute approximate surface area is 175 Å². The highest BCUT2D eigenvalue weighted by atomic mass is 127. The molecule has 142 valence electrons. The van der Waals surface area contributed by atoms with Crippen LogP contribution in [0.15, 0.2) is 60.4 Å². The second-order valence-corrected chi connectivity index (χ2v) is 8.14. The number of halogens is 1. The van der Waals surface area contributed by atoms with Gasteiger partial charge in [-0.3, -0.25) is 4.98 Å². The van der Waals surface area contributed by atoms with Crippen molar-refractivity contribution in [3.63, 3.8) is 0 Å². The molecular weight excluding hydrogens is 451 g/mol. The molecule has 27 heavy (non-hydrogen) atoms. The lowest BCUT2D eigenvalue weighted by Crippen LogP contribution is -2.34. The number of carbonyl (C=O) groups is 1. The molecule has 1 fully saturated rings. The van der Waals surface area contributed by atoms with Crippen molar-refractivity contribution in [2.24, 2.45) is 5.41 Å². The van der Waals surface area contributed by atoms with Gasteiger partial charge in [0.25, 0.3) is 0 Å². The van der Waals surface area contributed by atoms with Crippen molar-refractivity contribution in [3.8, 4) is 0 Å². The lowest BCUT2D eigenvalue weighted by molar-refractivity contribution is 0.0525. The Bertz CT molecular complexity index is 830. The molecule has 2 aliphatic rings. The first-order valence-corrected chi connectivity index (χ1v) is 10.3. The molecule has 0 aromatic carbocycles. The van der Waals surface area contributed by atoms with Crippen LogP contribution < -0.4 is 0 Å². The van der Waals surface area contributed by atoms with Crippen LogP contribution in [-0.4, -0.2) is 33.8 Å². The zero-order valence-corrected chi connectivity index (χ0v) is 18.0. The Morgan fingerprint density at radius 3 is 2.81 bits per heavy atom. The van der Waals surface area contributed by atoms with Gasteiger partial charge in [-0.1, -0.05) is 30.9 Å². The molecule has 2 heterocycles. The van der Waals surface area contributed by atoms with Crippen molar-refractivity contribution in [2.75, 3.05) is 19.7 Å². The molecule has 0 unspecified atom stereocenters. The molecule has 3 rings (SSSR count). The lowest BCUT2D eigenvalue weighted by Gasteiger charge is -2.37. The Kier molecular flexibility index (Phi) is 6.32. The van der Waals surface area contributed by atoms with E-state index in [0.29, 0.717) is 17.9 Å². The van der Waals surface area contributed by atoms with Gasteiger partial charge in [-0.05, 0) is 50.0 Å². The van der Waals surface area contributed by atoms with Gasteiger partial charge in [0.1, 0.15) is 0 Å². The molecule has 0 N–H and O–H groups in total. The molecule has 0 radical (unpaired) electrons. The summed E-state index contributed by atoms with van der Waals surface area (Å²) in [6, 6.07) is 3.57. The Hall–Kier alpha value is -1.73. The van der Waals surface area contributed by atoms with Crippen molar-refractivity contribution in [2.45, 2.75) is 26.7 Å². The van der Waals surface area contributed by atoms with Crippen LogP contribution in [0, 0.1) is 5.41 Å². The van der Waals surface area contributed by atoms with E-state index >= 15 is 0 Å². The number of hydrogen-bond donors (Lipinski definition) is 0. The Morgan fingerprint density at radius 1 is 1.44 bits per heavy atom. The van der Waals surface area contributed by atoms with Crippen LogP contribution >= 0.6 is 22.9 Å². The number of piperidine rings is 1. The fourth-order valence-electron chi connectivity index (χ4n) is 3.99. The van der Waals surface area contributed by atoms with Gasteiger partial charge in [-0.25, -0.2) is 7.91 Å². The van der Waals surface area contributed by atoms with E-state index in [2.05, 4.69) is 49.7 Å². The fraction of sp³-hybridized carbons (Fsp3) is 0.364. The van der Waals surface area contributed by atoms with Crippen LogP contribution in [-0.2, 0) is 4.74 Å². The standard InChI is InChI=1S/C22H25IN2O2/c1-4-8-16-18(20-17(9-7-12-24-20)21(26)27-6-3)15-22(19(16)5-2)10-13-25(23)14-11-22/h4-5,7-9,12,15H,2,6,10-11,13-14H2,1,3H3/b8-4-. The van der Waals surface area contributed by atoms with E-state index in [1.165, 1.54) is 5.57 Å². The SMILES string of the molecule is C=CC1=C(/C=C\C)C(c2ncccc2C(=O)OCC)=CC12CCN(I)CC2. The van der Waals surface area contributed by atoms with E-state index in [1.54, 1.807) is 18.3 Å². The molecule has 1 aliphatic heterocycles. The molecular formula is C22H25IN2O2. The molecule has 1 aliphatic carbocycles. The molecule has 1 saturated heterocycles. The Morgan fingerprint density at radius 2 is 2.19 bits per heavy atom. The molecule has 5 heteroatoms. The largest absolute Gasteiger partial charge is 0.462 e. The van der Waals surface area contributed by atoms with Crippen LogP contribution in [0.1, 0.15) is 42.7 Å². The molecule has 1 aromatic heterocycles. The van der Waals surface area contributed by atoms with Crippen LogP contribution in [0.25, 0.3) is 5.57 Å². The first-order chi connectivity index (χ1) is 13.1. The number of nitrogens with zero attached hydrogens (tertiary/aromatic N) is 2. The van der Waals surface area contributed by atoms with Crippen molar-refractivity contribution in [1.82, 2.24) is 8.10 Å². The number of aromatic nitrogens is 1. The third-order valence-corrected chi connectivity index (χ3v) is 6.20. The van der Waals surface area contributed by atoms with Crippen LogP contribution in [0.4, 0.5) is 0 Å². The fourth-order valence-corrected chi connectivity index (χ4v) is 4.47. The number of hydrogen-bond acceptors (Lipinski definition) is 4. The number of carbonyl (C=O) groups excluding carboxylic acids is 1. The third-order valence-electron chi connectivity index (χ3n) is 5.23. The van der Waals surface area contributed by atoms with Crippen molar-refractivity contribution in [1.29, 1.82) is 0 Å².